The van der Waals surface area contributed by atoms with E-state index in [1.165, 1.54) is 5.56 Å². The van der Waals surface area contributed by atoms with E-state index in [1.54, 1.807) is 7.11 Å². The zero-order valence-electron chi connectivity index (χ0n) is 12.1. The van der Waals surface area contributed by atoms with Crippen LogP contribution < -0.4 is 15.2 Å². The van der Waals surface area contributed by atoms with Crippen LogP contribution in [-0.2, 0) is 13.0 Å². The molecule has 2 N–H and O–H groups in total. The lowest BCUT2D eigenvalue weighted by Gasteiger charge is -2.13. The SMILES string of the molecule is COc1ccc(CCCN)cc1OCc1ccccc1Cl. The Kier molecular flexibility index (Phi) is 5.90. The second kappa shape index (κ2) is 7.91. The summed E-state index contributed by atoms with van der Waals surface area (Å²) in [7, 11) is 1.64. The van der Waals surface area contributed by atoms with Crippen LogP contribution in [0.4, 0.5) is 0 Å². The van der Waals surface area contributed by atoms with Crippen molar-refractivity contribution < 1.29 is 9.47 Å². The van der Waals surface area contributed by atoms with Gasteiger partial charge >= 0.3 is 0 Å². The number of benzene rings is 2. The van der Waals surface area contributed by atoms with E-state index in [0.717, 1.165) is 29.9 Å². The van der Waals surface area contributed by atoms with Crippen LogP contribution in [0.5, 0.6) is 11.5 Å². The lowest BCUT2D eigenvalue weighted by molar-refractivity contribution is 0.284. The van der Waals surface area contributed by atoms with Gasteiger partial charge in [0.1, 0.15) is 6.61 Å². The van der Waals surface area contributed by atoms with E-state index in [2.05, 4.69) is 0 Å². The second-order valence-electron chi connectivity index (χ2n) is 4.76. The maximum absolute atomic E-state index is 6.14. The van der Waals surface area contributed by atoms with Crippen LogP contribution in [0.2, 0.25) is 5.02 Å². The van der Waals surface area contributed by atoms with Crippen molar-refractivity contribution in [1.82, 2.24) is 0 Å². The highest BCUT2D eigenvalue weighted by molar-refractivity contribution is 6.31. The molecule has 0 aromatic heterocycles. The average molecular weight is 306 g/mol. The summed E-state index contributed by atoms with van der Waals surface area (Å²) < 4.78 is 11.2. The van der Waals surface area contributed by atoms with E-state index in [4.69, 9.17) is 26.8 Å². The summed E-state index contributed by atoms with van der Waals surface area (Å²) in [6.07, 6.45) is 1.89. The van der Waals surface area contributed by atoms with Gasteiger partial charge in [-0.25, -0.2) is 0 Å². The molecule has 0 amide bonds. The summed E-state index contributed by atoms with van der Waals surface area (Å²) in [4.78, 5) is 0. The molecular weight excluding hydrogens is 286 g/mol. The van der Waals surface area contributed by atoms with Gasteiger partial charge in [-0.2, -0.15) is 0 Å². The summed E-state index contributed by atoms with van der Waals surface area (Å²) in [5, 5.41) is 0.704. The molecule has 4 heteroatoms. The van der Waals surface area contributed by atoms with Crippen molar-refractivity contribution >= 4 is 11.6 Å². The van der Waals surface area contributed by atoms with Crippen LogP contribution in [0.25, 0.3) is 0 Å². The molecule has 21 heavy (non-hydrogen) atoms. The molecule has 0 heterocycles. The van der Waals surface area contributed by atoms with Gasteiger partial charge in [0.25, 0.3) is 0 Å². The molecule has 0 aliphatic rings. The predicted octanol–water partition coefficient (Wildman–Crippen LogP) is 3.82. The van der Waals surface area contributed by atoms with Crippen molar-refractivity contribution in [3.63, 3.8) is 0 Å². The highest BCUT2D eigenvalue weighted by Gasteiger charge is 2.07. The minimum atomic E-state index is 0.413. The summed E-state index contributed by atoms with van der Waals surface area (Å²) in [6, 6.07) is 13.6. The number of rotatable bonds is 7. The van der Waals surface area contributed by atoms with Gasteiger partial charge < -0.3 is 15.2 Å². The van der Waals surface area contributed by atoms with Crippen LogP contribution in [0.3, 0.4) is 0 Å². The molecule has 0 aliphatic heterocycles. The molecule has 3 nitrogen and oxygen atoms in total. The molecule has 0 saturated carbocycles. The Balaban J connectivity index is 2.12. The van der Waals surface area contributed by atoms with Gasteiger partial charge in [0.2, 0.25) is 0 Å². The highest BCUT2D eigenvalue weighted by Crippen LogP contribution is 2.30. The Morgan fingerprint density at radius 1 is 1.10 bits per heavy atom. The molecule has 0 aliphatic carbocycles. The van der Waals surface area contributed by atoms with Gasteiger partial charge in [-0.05, 0) is 43.1 Å². The van der Waals surface area contributed by atoms with Crippen LogP contribution in [-0.4, -0.2) is 13.7 Å². The smallest absolute Gasteiger partial charge is 0.161 e. The molecule has 2 aromatic rings. The van der Waals surface area contributed by atoms with Gasteiger partial charge in [-0.3, -0.25) is 0 Å². The van der Waals surface area contributed by atoms with Crippen LogP contribution in [0.15, 0.2) is 42.5 Å². The lowest BCUT2D eigenvalue weighted by Crippen LogP contribution is -2.02. The fourth-order valence-electron chi connectivity index (χ4n) is 2.07. The first-order chi connectivity index (χ1) is 10.2. The normalized spacial score (nSPS) is 10.4. The third-order valence-electron chi connectivity index (χ3n) is 3.24. The van der Waals surface area contributed by atoms with E-state index in [1.807, 2.05) is 42.5 Å². The van der Waals surface area contributed by atoms with E-state index in [-0.39, 0.29) is 0 Å². The Labute approximate surface area is 130 Å². The lowest BCUT2D eigenvalue weighted by atomic mass is 10.1. The van der Waals surface area contributed by atoms with Crippen molar-refractivity contribution in [1.29, 1.82) is 0 Å². The number of nitrogens with two attached hydrogens (primary N) is 1. The van der Waals surface area contributed by atoms with Crippen molar-refractivity contribution in [2.45, 2.75) is 19.4 Å². The topological polar surface area (TPSA) is 44.5 Å². The number of hydrogen-bond donors (Lipinski definition) is 1. The Morgan fingerprint density at radius 3 is 2.62 bits per heavy atom. The highest BCUT2D eigenvalue weighted by atomic mass is 35.5. The van der Waals surface area contributed by atoms with Gasteiger partial charge in [0.15, 0.2) is 11.5 Å². The zero-order chi connectivity index (χ0) is 15.1. The predicted molar refractivity (Wildman–Crippen MR) is 86.2 cm³/mol. The molecule has 0 spiro atoms. The summed E-state index contributed by atoms with van der Waals surface area (Å²) >= 11 is 6.14. The molecule has 0 bridgehead atoms. The van der Waals surface area contributed by atoms with Gasteiger partial charge in [-0.1, -0.05) is 35.9 Å². The first-order valence-corrected chi connectivity index (χ1v) is 7.35. The number of ether oxygens (including phenoxy) is 2. The van der Waals surface area contributed by atoms with Crippen molar-refractivity contribution in [2.75, 3.05) is 13.7 Å². The molecule has 0 fully saturated rings. The maximum atomic E-state index is 6.14. The molecule has 2 aromatic carbocycles. The van der Waals surface area contributed by atoms with Gasteiger partial charge in [0.05, 0.1) is 7.11 Å². The Morgan fingerprint density at radius 2 is 1.90 bits per heavy atom. The maximum Gasteiger partial charge on any atom is 0.161 e. The quantitative estimate of drug-likeness (QED) is 0.846. The number of hydrogen-bond acceptors (Lipinski definition) is 3. The molecule has 0 saturated heterocycles. The minimum absolute atomic E-state index is 0.413. The standard InChI is InChI=1S/C17H20ClNO2/c1-20-16-9-8-13(5-4-10-19)11-17(16)21-12-14-6-2-3-7-15(14)18/h2-3,6-9,11H,4-5,10,12,19H2,1H3. The van der Waals surface area contributed by atoms with Crippen molar-refractivity contribution in [3.8, 4) is 11.5 Å². The molecular formula is C17H20ClNO2. The van der Waals surface area contributed by atoms with Crippen molar-refractivity contribution in [2.24, 2.45) is 5.73 Å². The monoisotopic (exact) mass is 305 g/mol. The van der Waals surface area contributed by atoms with Crippen LogP contribution in [0.1, 0.15) is 17.5 Å². The molecule has 0 unspecified atom stereocenters. The number of methoxy groups -OCH3 is 1. The summed E-state index contributed by atoms with van der Waals surface area (Å²) in [5.41, 5.74) is 7.69. The minimum Gasteiger partial charge on any atom is -0.493 e. The van der Waals surface area contributed by atoms with Gasteiger partial charge in [-0.15, -0.1) is 0 Å². The van der Waals surface area contributed by atoms with E-state index >= 15 is 0 Å². The van der Waals surface area contributed by atoms with E-state index < -0.39 is 0 Å². The van der Waals surface area contributed by atoms with Gasteiger partial charge in [0, 0.05) is 10.6 Å². The Bertz CT molecular complexity index is 587. The van der Waals surface area contributed by atoms with Crippen LogP contribution in [0, 0.1) is 0 Å². The molecule has 0 radical (unpaired) electrons. The average Bonchev–Trinajstić information content (AvgIpc) is 2.52. The van der Waals surface area contributed by atoms with Crippen molar-refractivity contribution in [3.05, 3.63) is 58.6 Å². The molecule has 112 valence electrons. The summed E-state index contributed by atoms with van der Waals surface area (Å²) in [6.45, 7) is 1.10. The van der Waals surface area contributed by atoms with Crippen LogP contribution >= 0.6 is 11.6 Å². The zero-order valence-corrected chi connectivity index (χ0v) is 12.9. The molecule has 2 rings (SSSR count). The Hall–Kier alpha value is -1.71. The third-order valence-corrected chi connectivity index (χ3v) is 3.61. The van der Waals surface area contributed by atoms with E-state index in [0.29, 0.717) is 18.2 Å². The summed E-state index contributed by atoms with van der Waals surface area (Å²) in [5.74, 6) is 1.45. The largest absolute Gasteiger partial charge is 0.493 e. The first kappa shape index (κ1) is 15.7. The second-order valence-corrected chi connectivity index (χ2v) is 5.16. The number of aryl methyl sites for hydroxylation is 1. The first-order valence-electron chi connectivity index (χ1n) is 6.97. The third kappa shape index (κ3) is 4.38. The molecule has 0 atom stereocenters. The fraction of sp³-hybridized carbons (Fsp3) is 0.294. The number of halogens is 1. The van der Waals surface area contributed by atoms with E-state index in [9.17, 15) is 0 Å². The fourth-order valence-corrected chi connectivity index (χ4v) is 2.26.